The fourth-order valence-corrected chi connectivity index (χ4v) is 3.42. The molecule has 2 heteroatoms. The molecule has 0 aromatic carbocycles. The molecule has 0 N–H and O–H groups in total. The van der Waals surface area contributed by atoms with Gasteiger partial charge in [0.1, 0.15) is 5.78 Å². The van der Waals surface area contributed by atoms with E-state index in [-0.39, 0.29) is 16.9 Å². The fraction of sp³-hybridized carbons (Fsp3) is 0.923. The van der Waals surface area contributed by atoms with E-state index in [0.29, 0.717) is 11.9 Å². The van der Waals surface area contributed by atoms with Gasteiger partial charge >= 0.3 is 0 Å². The van der Waals surface area contributed by atoms with Crippen molar-refractivity contribution in [2.45, 2.75) is 65.1 Å². The second kappa shape index (κ2) is 3.31. The van der Waals surface area contributed by atoms with Crippen LogP contribution in [0.25, 0.3) is 0 Å². The first-order valence-corrected chi connectivity index (χ1v) is 6.09. The van der Waals surface area contributed by atoms with Gasteiger partial charge in [-0.2, -0.15) is 0 Å². The SMILES string of the molecule is C[C@H]1CC[C@@]2(O1)[C@@H](C)C(=O)CCC2(C)C. The van der Waals surface area contributed by atoms with Crippen molar-refractivity contribution in [3.63, 3.8) is 0 Å². The van der Waals surface area contributed by atoms with Crippen molar-refractivity contribution in [1.29, 1.82) is 0 Å². The van der Waals surface area contributed by atoms with Crippen LogP contribution in [0.4, 0.5) is 0 Å². The molecule has 0 aromatic heterocycles. The Labute approximate surface area is 92.4 Å². The molecule has 1 aliphatic heterocycles. The van der Waals surface area contributed by atoms with Gasteiger partial charge in [0.05, 0.1) is 11.7 Å². The molecule has 1 saturated carbocycles. The number of carbonyl (C=O) groups excluding carboxylic acids is 1. The van der Waals surface area contributed by atoms with Gasteiger partial charge in [-0.25, -0.2) is 0 Å². The number of hydrogen-bond donors (Lipinski definition) is 0. The van der Waals surface area contributed by atoms with Crippen LogP contribution in [0.1, 0.15) is 53.4 Å². The Morgan fingerprint density at radius 2 is 1.93 bits per heavy atom. The standard InChI is InChI=1S/C13H22O2/c1-9-5-8-13(15-9)10(2)11(14)6-7-12(13,3)4/h9-10H,5-8H2,1-4H3/t9-,10-,13+/m0/s1. The Morgan fingerprint density at radius 1 is 1.27 bits per heavy atom. The van der Waals surface area contributed by atoms with E-state index >= 15 is 0 Å². The van der Waals surface area contributed by atoms with Crippen molar-refractivity contribution in [2.75, 3.05) is 0 Å². The Morgan fingerprint density at radius 3 is 2.47 bits per heavy atom. The predicted octanol–water partition coefficient (Wildman–Crippen LogP) is 2.95. The first-order chi connectivity index (χ1) is 6.89. The Balaban J connectivity index is 2.35. The molecular formula is C13H22O2. The molecule has 2 rings (SSSR count). The highest BCUT2D eigenvalue weighted by Gasteiger charge is 2.57. The monoisotopic (exact) mass is 210 g/mol. The average molecular weight is 210 g/mol. The summed E-state index contributed by atoms with van der Waals surface area (Å²) in [5, 5.41) is 0. The van der Waals surface area contributed by atoms with Crippen LogP contribution in [0.5, 0.6) is 0 Å². The summed E-state index contributed by atoms with van der Waals surface area (Å²) in [5.41, 5.74) is -0.0349. The predicted molar refractivity (Wildman–Crippen MR) is 59.7 cm³/mol. The van der Waals surface area contributed by atoms with E-state index in [2.05, 4.69) is 27.7 Å². The highest BCUT2D eigenvalue weighted by atomic mass is 16.5. The van der Waals surface area contributed by atoms with Gasteiger partial charge in [0.15, 0.2) is 0 Å². The summed E-state index contributed by atoms with van der Waals surface area (Å²) in [6, 6.07) is 0. The van der Waals surface area contributed by atoms with Crippen molar-refractivity contribution in [3.8, 4) is 0 Å². The largest absolute Gasteiger partial charge is 0.371 e. The maximum atomic E-state index is 11.9. The van der Waals surface area contributed by atoms with E-state index < -0.39 is 0 Å². The molecule has 0 unspecified atom stereocenters. The molecule has 15 heavy (non-hydrogen) atoms. The van der Waals surface area contributed by atoms with E-state index in [4.69, 9.17) is 4.74 Å². The quantitative estimate of drug-likeness (QED) is 0.614. The minimum absolute atomic E-state index is 0.0752. The maximum Gasteiger partial charge on any atom is 0.138 e. The van der Waals surface area contributed by atoms with Gasteiger partial charge in [0.2, 0.25) is 0 Å². The van der Waals surface area contributed by atoms with Gasteiger partial charge in [-0.3, -0.25) is 4.79 Å². The number of Topliss-reactive ketones (excluding diaryl/α,β-unsaturated/α-hetero) is 1. The highest BCUT2D eigenvalue weighted by Crippen LogP contribution is 2.54. The van der Waals surface area contributed by atoms with Crippen molar-refractivity contribution in [1.82, 2.24) is 0 Å². The van der Waals surface area contributed by atoms with E-state index in [1.807, 2.05) is 0 Å². The second-order valence-electron chi connectivity index (χ2n) is 5.93. The zero-order valence-electron chi connectivity index (χ0n) is 10.3. The first kappa shape index (κ1) is 11.1. The van der Waals surface area contributed by atoms with Crippen LogP contribution in [0.2, 0.25) is 0 Å². The molecule has 1 saturated heterocycles. The first-order valence-electron chi connectivity index (χ1n) is 6.09. The topological polar surface area (TPSA) is 26.3 Å². The summed E-state index contributed by atoms with van der Waals surface area (Å²) in [7, 11) is 0. The maximum absolute atomic E-state index is 11.9. The van der Waals surface area contributed by atoms with E-state index in [9.17, 15) is 4.79 Å². The zero-order valence-corrected chi connectivity index (χ0v) is 10.3. The van der Waals surface area contributed by atoms with E-state index in [0.717, 1.165) is 25.7 Å². The van der Waals surface area contributed by atoms with Crippen LogP contribution in [-0.2, 0) is 9.53 Å². The smallest absolute Gasteiger partial charge is 0.138 e. The average Bonchev–Trinajstić information content (AvgIpc) is 2.55. The summed E-state index contributed by atoms with van der Waals surface area (Å²) in [4.78, 5) is 11.9. The number of ketones is 1. The van der Waals surface area contributed by atoms with Crippen LogP contribution >= 0.6 is 0 Å². The fourth-order valence-electron chi connectivity index (χ4n) is 3.42. The lowest BCUT2D eigenvalue weighted by atomic mass is 9.59. The summed E-state index contributed by atoms with van der Waals surface area (Å²) >= 11 is 0. The Kier molecular flexibility index (Phi) is 2.45. The minimum atomic E-state index is -0.179. The lowest BCUT2D eigenvalue weighted by Crippen LogP contribution is -2.55. The van der Waals surface area contributed by atoms with Gasteiger partial charge in [-0.1, -0.05) is 20.8 Å². The Bertz CT molecular complexity index is 282. The Hall–Kier alpha value is -0.370. The highest BCUT2D eigenvalue weighted by molar-refractivity contribution is 5.83. The zero-order chi connectivity index (χ0) is 11.3. The number of rotatable bonds is 0. The summed E-state index contributed by atoms with van der Waals surface area (Å²) in [6.45, 7) is 8.69. The molecule has 2 aliphatic rings. The van der Waals surface area contributed by atoms with Gasteiger partial charge in [-0.05, 0) is 31.6 Å². The lowest BCUT2D eigenvalue weighted by Gasteiger charge is -2.50. The normalized spacial score (nSPS) is 44.9. The van der Waals surface area contributed by atoms with Gasteiger partial charge in [-0.15, -0.1) is 0 Å². The van der Waals surface area contributed by atoms with Crippen molar-refractivity contribution in [3.05, 3.63) is 0 Å². The lowest BCUT2D eigenvalue weighted by molar-refractivity contribution is -0.173. The van der Waals surface area contributed by atoms with Crippen LogP contribution in [0.15, 0.2) is 0 Å². The molecule has 86 valence electrons. The van der Waals surface area contributed by atoms with Crippen molar-refractivity contribution < 1.29 is 9.53 Å². The van der Waals surface area contributed by atoms with Crippen LogP contribution < -0.4 is 0 Å². The molecular weight excluding hydrogens is 188 g/mol. The number of hydrogen-bond acceptors (Lipinski definition) is 2. The molecule has 1 aliphatic carbocycles. The summed E-state index contributed by atoms with van der Waals surface area (Å²) < 4.78 is 6.17. The molecule has 1 spiro atoms. The van der Waals surface area contributed by atoms with Crippen molar-refractivity contribution >= 4 is 5.78 Å². The third-order valence-corrected chi connectivity index (χ3v) is 4.66. The second-order valence-corrected chi connectivity index (χ2v) is 5.93. The van der Waals surface area contributed by atoms with E-state index in [1.54, 1.807) is 0 Å². The molecule has 0 amide bonds. The molecule has 0 aromatic rings. The van der Waals surface area contributed by atoms with Crippen LogP contribution in [0, 0.1) is 11.3 Å². The number of ether oxygens (including phenoxy) is 1. The van der Waals surface area contributed by atoms with Gasteiger partial charge < -0.3 is 4.74 Å². The summed E-state index contributed by atoms with van der Waals surface area (Å²) in [5.74, 6) is 0.467. The summed E-state index contributed by atoms with van der Waals surface area (Å²) in [6.07, 6.45) is 4.17. The van der Waals surface area contributed by atoms with Crippen LogP contribution in [-0.4, -0.2) is 17.5 Å². The minimum Gasteiger partial charge on any atom is -0.371 e. The molecule has 0 bridgehead atoms. The molecule has 0 radical (unpaired) electrons. The van der Waals surface area contributed by atoms with E-state index in [1.165, 1.54) is 0 Å². The van der Waals surface area contributed by atoms with Gasteiger partial charge in [0.25, 0.3) is 0 Å². The van der Waals surface area contributed by atoms with Gasteiger partial charge in [0, 0.05) is 12.3 Å². The molecule has 2 fully saturated rings. The number of carbonyl (C=O) groups is 1. The molecule has 2 nitrogen and oxygen atoms in total. The van der Waals surface area contributed by atoms with Crippen molar-refractivity contribution in [2.24, 2.45) is 11.3 Å². The molecule has 3 atom stereocenters. The third kappa shape index (κ3) is 1.45. The third-order valence-electron chi connectivity index (χ3n) is 4.66. The molecule has 1 heterocycles. The van der Waals surface area contributed by atoms with Crippen LogP contribution in [0.3, 0.4) is 0 Å².